The topological polar surface area (TPSA) is 74.3 Å². The first-order chi connectivity index (χ1) is 14.2. The number of fused-ring (bicyclic) bond motifs is 3. The SMILES string of the molecule is CCc1nn2c(nnc3c(=O)n(C[C@H]4CCCO4)ccc32)c1-c1ccc(Cl)cc1. The second-order valence-corrected chi connectivity index (χ2v) is 7.70. The second-order valence-electron chi connectivity index (χ2n) is 7.26. The Kier molecular flexibility index (Phi) is 4.56. The zero-order valence-electron chi connectivity index (χ0n) is 16.0. The van der Waals surface area contributed by atoms with Crippen LogP contribution in [-0.4, -0.2) is 37.1 Å². The predicted octanol–water partition coefficient (Wildman–Crippen LogP) is 3.50. The Morgan fingerprint density at radius 3 is 2.76 bits per heavy atom. The molecule has 1 atom stereocenters. The van der Waals surface area contributed by atoms with Crippen LogP contribution in [0.1, 0.15) is 25.5 Å². The summed E-state index contributed by atoms with van der Waals surface area (Å²) in [5, 5.41) is 14.1. The van der Waals surface area contributed by atoms with Crippen molar-refractivity contribution >= 4 is 28.3 Å². The van der Waals surface area contributed by atoms with Crippen molar-refractivity contribution in [3.63, 3.8) is 0 Å². The third-order valence-electron chi connectivity index (χ3n) is 5.42. The Bertz CT molecular complexity index is 1260. The molecule has 4 aromatic rings. The highest BCUT2D eigenvalue weighted by Gasteiger charge is 2.20. The first kappa shape index (κ1) is 18.3. The Balaban J connectivity index is 1.68. The number of hydrogen-bond acceptors (Lipinski definition) is 5. The Morgan fingerprint density at radius 1 is 1.21 bits per heavy atom. The molecule has 0 spiro atoms. The van der Waals surface area contributed by atoms with E-state index in [1.165, 1.54) is 0 Å². The van der Waals surface area contributed by atoms with Gasteiger partial charge in [0.2, 0.25) is 0 Å². The molecule has 0 amide bonds. The molecule has 1 aromatic carbocycles. The largest absolute Gasteiger partial charge is 0.376 e. The van der Waals surface area contributed by atoms with Gasteiger partial charge in [-0.05, 0) is 43.0 Å². The molecule has 3 aromatic heterocycles. The summed E-state index contributed by atoms with van der Waals surface area (Å²) in [7, 11) is 0. The normalized spacial score (nSPS) is 16.8. The van der Waals surface area contributed by atoms with E-state index in [9.17, 15) is 4.79 Å². The Morgan fingerprint density at radius 2 is 2.03 bits per heavy atom. The van der Waals surface area contributed by atoms with E-state index in [1.807, 2.05) is 37.3 Å². The summed E-state index contributed by atoms with van der Waals surface area (Å²) in [5.41, 5.74) is 4.22. The third-order valence-corrected chi connectivity index (χ3v) is 5.67. The molecule has 1 fully saturated rings. The smallest absolute Gasteiger partial charge is 0.280 e. The van der Waals surface area contributed by atoms with Crippen LogP contribution in [0, 0.1) is 0 Å². The van der Waals surface area contributed by atoms with Crippen LogP contribution in [0.3, 0.4) is 0 Å². The van der Waals surface area contributed by atoms with Crippen molar-refractivity contribution in [1.82, 2.24) is 24.4 Å². The number of rotatable bonds is 4. The van der Waals surface area contributed by atoms with Gasteiger partial charge in [0.1, 0.15) is 5.52 Å². The minimum atomic E-state index is -0.172. The van der Waals surface area contributed by atoms with Crippen molar-refractivity contribution < 1.29 is 4.74 Å². The molecule has 29 heavy (non-hydrogen) atoms. The van der Waals surface area contributed by atoms with Crippen LogP contribution in [0.2, 0.25) is 5.02 Å². The molecule has 1 saturated heterocycles. The van der Waals surface area contributed by atoms with Gasteiger partial charge < -0.3 is 9.30 Å². The fraction of sp³-hybridized carbons (Fsp3) is 0.333. The molecule has 1 aliphatic heterocycles. The standard InChI is InChI=1S/C21H20ClN5O2/c1-2-16-18(13-5-7-14(22)8-6-13)20-24-23-19-17(27(20)25-16)9-10-26(21(19)28)12-15-4-3-11-29-15/h5-10,15H,2-4,11-12H2,1H3/t15-/m1/s1. The minimum absolute atomic E-state index is 0.0785. The number of pyridine rings is 1. The van der Waals surface area contributed by atoms with E-state index in [2.05, 4.69) is 10.2 Å². The fourth-order valence-electron chi connectivity index (χ4n) is 3.94. The molecule has 7 nitrogen and oxygen atoms in total. The van der Waals surface area contributed by atoms with Crippen LogP contribution in [0.4, 0.5) is 0 Å². The zero-order chi connectivity index (χ0) is 20.0. The van der Waals surface area contributed by atoms with Gasteiger partial charge in [-0.2, -0.15) is 5.10 Å². The van der Waals surface area contributed by atoms with Gasteiger partial charge in [0.15, 0.2) is 11.2 Å². The first-order valence-corrected chi connectivity index (χ1v) is 10.2. The Hall–Kier alpha value is -2.77. The van der Waals surface area contributed by atoms with Crippen molar-refractivity contribution in [3.8, 4) is 11.1 Å². The van der Waals surface area contributed by atoms with E-state index in [1.54, 1.807) is 15.3 Å². The molecule has 8 heteroatoms. The summed E-state index contributed by atoms with van der Waals surface area (Å²) >= 11 is 6.04. The van der Waals surface area contributed by atoms with E-state index in [0.29, 0.717) is 28.2 Å². The van der Waals surface area contributed by atoms with Crippen molar-refractivity contribution in [2.75, 3.05) is 6.61 Å². The monoisotopic (exact) mass is 409 g/mol. The molecule has 1 aliphatic rings. The average molecular weight is 410 g/mol. The third kappa shape index (κ3) is 3.10. The van der Waals surface area contributed by atoms with Crippen molar-refractivity contribution in [3.05, 3.63) is 57.6 Å². The maximum atomic E-state index is 13.0. The summed E-state index contributed by atoms with van der Waals surface area (Å²) in [6.07, 6.45) is 4.61. The highest BCUT2D eigenvalue weighted by Crippen LogP contribution is 2.29. The van der Waals surface area contributed by atoms with Gasteiger partial charge >= 0.3 is 0 Å². The average Bonchev–Trinajstić information content (AvgIpc) is 3.38. The number of benzene rings is 1. The van der Waals surface area contributed by atoms with Gasteiger partial charge in [-0.1, -0.05) is 30.7 Å². The van der Waals surface area contributed by atoms with Crippen LogP contribution in [0.15, 0.2) is 41.3 Å². The molecular weight excluding hydrogens is 390 g/mol. The van der Waals surface area contributed by atoms with Crippen LogP contribution >= 0.6 is 11.6 Å². The molecule has 148 valence electrons. The lowest BCUT2D eigenvalue weighted by molar-refractivity contribution is 0.0963. The second kappa shape index (κ2) is 7.24. The molecule has 0 unspecified atom stereocenters. The maximum absolute atomic E-state index is 13.0. The van der Waals surface area contributed by atoms with E-state index in [-0.39, 0.29) is 11.7 Å². The summed E-state index contributed by atoms with van der Waals surface area (Å²) in [6, 6.07) is 9.47. The lowest BCUT2D eigenvalue weighted by Gasteiger charge is -2.12. The van der Waals surface area contributed by atoms with Crippen LogP contribution < -0.4 is 5.56 Å². The van der Waals surface area contributed by atoms with Crippen LogP contribution in [0.25, 0.3) is 27.8 Å². The highest BCUT2D eigenvalue weighted by molar-refractivity contribution is 6.30. The summed E-state index contributed by atoms with van der Waals surface area (Å²) in [6.45, 7) is 3.34. The van der Waals surface area contributed by atoms with Gasteiger partial charge in [0.05, 0.1) is 23.9 Å². The zero-order valence-corrected chi connectivity index (χ0v) is 16.8. The molecular formula is C21H20ClN5O2. The summed E-state index contributed by atoms with van der Waals surface area (Å²) < 4.78 is 9.04. The van der Waals surface area contributed by atoms with Gasteiger partial charge in [0, 0.05) is 17.8 Å². The van der Waals surface area contributed by atoms with E-state index in [4.69, 9.17) is 21.4 Å². The molecule has 0 N–H and O–H groups in total. The van der Waals surface area contributed by atoms with Crippen LogP contribution in [-0.2, 0) is 17.7 Å². The number of hydrogen-bond donors (Lipinski definition) is 0. The van der Waals surface area contributed by atoms with E-state index >= 15 is 0 Å². The summed E-state index contributed by atoms with van der Waals surface area (Å²) in [4.78, 5) is 13.0. The lowest BCUT2D eigenvalue weighted by atomic mass is 10.0. The molecule has 0 saturated carbocycles. The Labute approximate surface area is 171 Å². The maximum Gasteiger partial charge on any atom is 0.280 e. The van der Waals surface area contributed by atoms with Gasteiger partial charge in [-0.25, -0.2) is 4.52 Å². The predicted molar refractivity (Wildman–Crippen MR) is 111 cm³/mol. The number of aryl methyl sites for hydroxylation is 1. The minimum Gasteiger partial charge on any atom is -0.376 e. The molecule has 0 bridgehead atoms. The van der Waals surface area contributed by atoms with Gasteiger partial charge in [0.25, 0.3) is 5.56 Å². The molecule has 4 heterocycles. The quantitative estimate of drug-likeness (QED) is 0.515. The number of ether oxygens (including phenoxy) is 1. The molecule has 5 rings (SSSR count). The van der Waals surface area contributed by atoms with E-state index < -0.39 is 0 Å². The van der Waals surface area contributed by atoms with Gasteiger partial charge in [-0.3, -0.25) is 4.79 Å². The highest BCUT2D eigenvalue weighted by atomic mass is 35.5. The van der Waals surface area contributed by atoms with Crippen LogP contribution in [0.5, 0.6) is 0 Å². The van der Waals surface area contributed by atoms with Crippen molar-refractivity contribution in [2.45, 2.75) is 38.8 Å². The van der Waals surface area contributed by atoms with E-state index in [0.717, 1.165) is 42.7 Å². The first-order valence-electron chi connectivity index (χ1n) is 9.80. The van der Waals surface area contributed by atoms with Gasteiger partial charge in [-0.15, -0.1) is 10.2 Å². The number of nitrogens with zero attached hydrogens (tertiary/aromatic N) is 5. The lowest BCUT2D eigenvalue weighted by Crippen LogP contribution is -2.27. The number of aromatic nitrogens is 5. The summed E-state index contributed by atoms with van der Waals surface area (Å²) in [5.74, 6) is 0. The van der Waals surface area contributed by atoms with Crippen molar-refractivity contribution in [1.29, 1.82) is 0 Å². The fourth-order valence-corrected chi connectivity index (χ4v) is 4.07. The molecule has 0 aliphatic carbocycles. The van der Waals surface area contributed by atoms with Crippen molar-refractivity contribution in [2.24, 2.45) is 0 Å². The molecule has 0 radical (unpaired) electrons. The number of halogens is 1.